The van der Waals surface area contributed by atoms with E-state index in [2.05, 4.69) is 0 Å². The minimum atomic E-state index is -3.97. The van der Waals surface area contributed by atoms with Crippen LogP contribution in [0.4, 0.5) is 4.39 Å². The monoisotopic (exact) mass is 399 g/mol. The van der Waals surface area contributed by atoms with E-state index >= 15 is 0 Å². The average Bonchev–Trinajstić information content (AvgIpc) is 2.60. The Morgan fingerprint density at radius 3 is 2.58 bits per heavy atom. The molecule has 5 nitrogen and oxygen atoms in total. The minimum absolute atomic E-state index is 0.0230. The van der Waals surface area contributed by atoms with Crippen molar-refractivity contribution >= 4 is 27.6 Å². The average molecular weight is 400 g/mol. The van der Waals surface area contributed by atoms with Crippen molar-refractivity contribution < 1.29 is 22.3 Å². The molecule has 2 rings (SSSR count). The summed E-state index contributed by atoms with van der Waals surface area (Å²) in [5, 5.41) is 0.266. The van der Waals surface area contributed by atoms with E-state index in [9.17, 15) is 17.6 Å². The molecular weight excluding hydrogens is 381 g/mol. The number of halogens is 2. The Balaban J connectivity index is 2.32. The van der Waals surface area contributed by atoms with Crippen molar-refractivity contribution in [2.24, 2.45) is 0 Å². The maximum Gasteiger partial charge on any atom is 0.307 e. The highest BCUT2D eigenvalue weighted by atomic mass is 35.5. The van der Waals surface area contributed by atoms with Crippen LogP contribution < -0.4 is 0 Å². The Morgan fingerprint density at radius 1 is 1.19 bits per heavy atom. The van der Waals surface area contributed by atoms with Crippen molar-refractivity contribution in [1.29, 1.82) is 0 Å². The molecule has 0 aromatic heterocycles. The number of ether oxygens (including phenoxy) is 1. The second kappa shape index (κ2) is 9.12. The quantitative estimate of drug-likeness (QED) is 0.636. The maximum atomic E-state index is 14.0. The van der Waals surface area contributed by atoms with E-state index in [1.165, 1.54) is 36.4 Å². The number of esters is 1. The van der Waals surface area contributed by atoms with E-state index in [1.807, 2.05) is 0 Å². The molecule has 0 bridgehead atoms. The van der Waals surface area contributed by atoms with Crippen LogP contribution >= 0.6 is 11.6 Å². The normalized spacial score (nSPS) is 11.5. The summed E-state index contributed by atoms with van der Waals surface area (Å²) in [4.78, 5) is 11.6. The molecule has 0 spiro atoms. The summed E-state index contributed by atoms with van der Waals surface area (Å²) in [6.07, 6.45) is -0.137. The molecule has 0 heterocycles. The number of rotatable bonds is 8. The minimum Gasteiger partial charge on any atom is -0.466 e. The van der Waals surface area contributed by atoms with Gasteiger partial charge in [0, 0.05) is 23.7 Å². The van der Waals surface area contributed by atoms with Gasteiger partial charge >= 0.3 is 5.97 Å². The molecule has 0 saturated heterocycles. The fourth-order valence-corrected chi connectivity index (χ4v) is 4.05. The molecule has 0 aliphatic rings. The van der Waals surface area contributed by atoms with Crippen molar-refractivity contribution in [2.45, 2.75) is 24.8 Å². The molecule has 0 atom stereocenters. The van der Waals surface area contributed by atoms with Crippen molar-refractivity contribution in [2.75, 3.05) is 13.2 Å². The highest BCUT2D eigenvalue weighted by Crippen LogP contribution is 2.22. The highest BCUT2D eigenvalue weighted by molar-refractivity contribution is 7.89. The summed E-state index contributed by atoms with van der Waals surface area (Å²) >= 11 is 5.89. The first-order chi connectivity index (χ1) is 12.3. The summed E-state index contributed by atoms with van der Waals surface area (Å²) in [5.41, 5.74) is 0.210. The molecule has 0 N–H and O–H groups in total. The van der Waals surface area contributed by atoms with E-state index in [0.717, 1.165) is 4.31 Å². The second-order valence-corrected chi connectivity index (χ2v) is 7.82. The molecule has 26 heavy (non-hydrogen) atoms. The van der Waals surface area contributed by atoms with Gasteiger partial charge < -0.3 is 4.74 Å². The topological polar surface area (TPSA) is 63.7 Å². The van der Waals surface area contributed by atoms with Crippen molar-refractivity contribution in [3.63, 3.8) is 0 Å². The zero-order chi connectivity index (χ0) is 19.2. The van der Waals surface area contributed by atoms with Crippen LogP contribution in [0.25, 0.3) is 0 Å². The van der Waals surface area contributed by atoms with Crippen LogP contribution in [0.5, 0.6) is 0 Å². The molecule has 8 heteroatoms. The van der Waals surface area contributed by atoms with Gasteiger partial charge in [-0.25, -0.2) is 12.8 Å². The van der Waals surface area contributed by atoms with Gasteiger partial charge in [-0.3, -0.25) is 4.79 Å². The first-order valence-corrected chi connectivity index (χ1v) is 9.81. The smallest absolute Gasteiger partial charge is 0.307 e. The molecule has 0 saturated carbocycles. The van der Waals surface area contributed by atoms with Gasteiger partial charge in [0.15, 0.2) is 0 Å². The van der Waals surface area contributed by atoms with Gasteiger partial charge in [-0.05, 0) is 31.2 Å². The van der Waals surface area contributed by atoms with Gasteiger partial charge in [0.05, 0.1) is 17.9 Å². The Hall–Kier alpha value is -1.96. The first-order valence-electron chi connectivity index (χ1n) is 7.99. The lowest BCUT2D eigenvalue weighted by atomic mass is 10.2. The van der Waals surface area contributed by atoms with Gasteiger partial charge in [-0.1, -0.05) is 35.9 Å². The van der Waals surface area contributed by atoms with E-state index in [1.54, 1.807) is 19.1 Å². The van der Waals surface area contributed by atoms with Crippen molar-refractivity contribution in [3.05, 3.63) is 64.9 Å². The Morgan fingerprint density at radius 2 is 1.92 bits per heavy atom. The molecule has 2 aromatic carbocycles. The number of hydrogen-bond acceptors (Lipinski definition) is 4. The standard InChI is InChI=1S/C18H19ClFNO4S/c1-2-25-18(22)10-11-21(13-14-6-3-4-9-17(14)20)26(23,24)16-8-5-7-15(19)12-16/h3-9,12H,2,10-11,13H2,1H3. The number of benzene rings is 2. The highest BCUT2D eigenvalue weighted by Gasteiger charge is 2.26. The van der Waals surface area contributed by atoms with Gasteiger partial charge in [0.2, 0.25) is 10.0 Å². The molecule has 0 unspecified atom stereocenters. The third-order valence-corrected chi connectivity index (χ3v) is 5.69. The maximum absolute atomic E-state index is 14.0. The molecule has 2 aromatic rings. The Bertz CT molecular complexity index is 873. The number of nitrogens with zero attached hydrogens (tertiary/aromatic N) is 1. The Kier molecular flexibility index (Phi) is 7.14. The van der Waals surface area contributed by atoms with Gasteiger partial charge in [0.1, 0.15) is 5.82 Å². The lowest BCUT2D eigenvalue weighted by Crippen LogP contribution is -2.33. The van der Waals surface area contributed by atoms with E-state index in [4.69, 9.17) is 16.3 Å². The molecule has 0 aliphatic heterocycles. The van der Waals surface area contributed by atoms with Gasteiger partial charge in [-0.2, -0.15) is 4.31 Å². The molecule has 0 radical (unpaired) electrons. The number of carbonyl (C=O) groups excluding carboxylic acids is 1. The van der Waals surface area contributed by atoms with Crippen LogP contribution in [0.15, 0.2) is 53.4 Å². The molecule has 0 amide bonds. The lowest BCUT2D eigenvalue weighted by molar-refractivity contribution is -0.143. The van der Waals surface area contributed by atoms with E-state index in [-0.39, 0.29) is 41.6 Å². The Labute approximate surface area is 157 Å². The van der Waals surface area contributed by atoms with E-state index in [0.29, 0.717) is 0 Å². The SMILES string of the molecule is CCOC(=O)CCN(Cc1ccccc1F)S(=O)(=O)c1cccc(Cl)c1. The second-order valence-electron chi connectivity index (χ2n) is 5.44. The lowest BCUT2D eigenvalue weighted by Gasteiger charge is -2.22. The van der Waals surface area contributed by atoms with Crippen LogP contribution in [-0.2, 0) is 26.1 Å². The molecular formula is C18H19ClFNO4S. The predicted molar refractivity (Wildman–Crippen MR) is 96.7 cm³/mol. The first kappa shape index (κ1) is 20.4. The van der Waals surface area contributed by atoms with Crippen LogP contribution in [0.1, 0.15) is 18.9 Å². The molecule has 0 fully saturated rings. The van der Waals surface area contributed by atoms with Crippen LogP contribution in [0.2, 0.25) is 5.02 Å². The third-order valence-electron chi connectivity index (χ3n) is 3.61. The summed E-state index contributed by atoms with van der Waals surface area (Å²) in [7, 11) is -3.97. The van der Waals surface area contributed by atoms with Crippen molar-refractivity contribution in [3.8, 4) is 0 Å². The van der Waals surface area contributed by atoms with Crippen LogP contribution in [0.3, 0.4) is 0 Å². The summed E-state index contributed by atoms with van der Waals surface area (Å²) in [5.74, 6) is -1.04. The number of sulfonamides is 1. The number of carbonyl (C=O) groups is 1. The van der Waals surface area contributed by atoms with Crippen LogP contribution in [0, 0.1) is 5.82 Å². The third kappa shape index (κ3) is 5.27. The predicted octanol–water partition coefficient (Wildman–Crippen LogP) is 3.62. The summed E-state index contributed by atoms with van der Waals surface area (Å²) in [6, 6.07) is 11.7. The zero-order valence-corrected chi connectivity index (χ0v) is 15.8. The molecule has 140 valence electrons. The fourth-order valence-electron chi connectivity index (χ4n) is 2.33. The summed E-state index contributed by atoms with van der Waals surface area (Å²) < 4.78 is 45.8. The van der Waals surface area contributed by atoms with Gasteiger partial charge in [0.25, 0.3) is 0 Å². The van der Waals surface area contributed by atoms with Gasteiger partial charge in [-0.15, -0.1) is 0 Å². The van der Waals surface area contributed by atoms with Crippen molar-refractivity contribution in [1.82, 2.24) is 4.31 Å². The summed E-state index contributed by atoms with van der Waals surface area (Å²) in [6.45, 7) is 1.52. The zero-order valence-electron chi connectivity index (χ0n) is 14.2. The number of hydrogen-bond donors (Lipinski definition) is 0. The van der Waals surface area contributed by atoms with E-state index < -0.39 is 21.8 Å². The largest absolute Gasteiger partial charge is 0.466 e. The molecule has 0 aliphatic carbocycles. The fraction of sp³-hybridized carbons (Fsp3) is 0.278. The van der Waals surface area contributed by atoms with Crippen LogP contribution in [-0.4, -0.2) is 31.8 Å².